The Kier molecular flexibility index (Phi) is 9.14. The van der Waals surface area contributed by atoms with Crippen LogP contribution in [0.15, 0.2) is 54.6 Å². The zero-order valence-electron chi connectivity index (χ0n) is 20.4. The van der Waals surface area contributed by atoms with E-state index in [1.54, 1.807) is 20.8 Å². The molecule has 0 aromatic heterocycles. The van der Waals surface area contributed by atoms with E-state index < -0.39 is 23.8 Å². The van der Waals surface area contributed by atoms with Crippen LogP contribution in [0.1, 0.15) is 52.7 Å². The van der Waals surface area contributed by atoms with E-state index in [0.29, 0.717) is 6.42 Å². The number of nitrogens with one attached hydrogen (secondary N) is 2. The summed E-state index contributed by atoms with van der Waals surface area (Å²) in [6.07, 6.45) is -0.600. The molecule has 0 fully saturated rings. The van der Waals surface area contributed by atoms with Gasteiger partial charge in [0.1, 0.15) is 23.6 Å². The first-order valence-electron chi connectivity index (χ1n) is 11.1. The van der Waals surface area contributed by atoms with Gasteiger partial charge in [-0.25, -0.2) is 9.59 Å². The van der Waals surface area contributed by atoms with Crippen LogP contribution in [0.5, 0.6) is 5.75 Å². The van der Waals surface area contributed by atoms with E-state index >= 15 is 0 Å². The average Bonchev–Trinajstić information content (AvgIpc) is 2.70. The van der Waals surface area contributed by atoms with Crippen molar-refractivity contribution < 1.29 is 23.8 Å². The maximum absolute atomic E-state index is 12.3. The quantitative estimate of drug-likeness (QED) is 0.568. The number of alkyl carbamates (subject to hydrolysis) is 2. The highest BCUT2D eigenvalue weighted by Gasteiger charge is 2.21. The minimum Gasteiger partial charge on any atom is -0.488 e. The molecule has 0 radical (unpaired) electrons. The van der Waals surface area contributed by atoms with Crippen molar-refractivity contribution in [1.82, 2.24) is 10.6 Å². The van der Waals surface area contributed by atoms with Crippen molar-refractivity contribution in [3.8, 4) is 5.75 Å². The molecule has 180 valence electrons. The topological polar surface area (TPSA) is 85.9 Å². The summed E-state index contributed by atoms with van der Waals surface area (Å²) in [6, 6.07) is 16.7. The Labute approximate surface area is 196 Å². The Bertz CT molecular complexity index is 884. The number of carbonyl (C=O) groups excluding carboxylic acids is 2. The number of hydrogen-bond donors (Lipinski definition) is 2. The minimum absolute atomic E-state index is 0.173. The van der Waals surface area contributed by atoms with Gasteiger partial charge in [0.15, 0.2) is 0 Å². The SMILES string of the molecule is CC(C)(C)OC(=O)N[C@@H](CNC(=O)OCc1ccccc1)Cc1ccc(OC(C)(C)C)cc1. The van der Waals surface area contributed by atoms with E-state index in [2.05, 4.69) is 10.6 Å². The fraction of sp³-hybridized carbons (Fsp3) is 0.462. The van der Waals surface area contributed by atoms with Gasteiger partial charge in [0.05, 0.1) is 6.04 Å². The summed E-state index contributed by atoms with van der Waals surface area (Å²) in [4.78, 5) is 24.5. The number of carbonyl (C=O) groups is 2. The van der Waals surface area contributed by atoms with Gasteiger partial charge < -0.3 is 24.8 Å². The molecule has 2 aromatic rings. The molecule has 2 aromatic carbocycles. The van der Waals surface area contributed by atoms with Crippen molar-refractivity contribution in [2.75, 3.05) is 6.54 Å². The first-order valence-corrected chi connectivity index (χ1v) is 11.1. The summed E-state index contributed by atoms with van der Waals surface area (Å²) < 4.78 is 16.5. The Hall–Kier alpha value is -3.22. The standard InChI is InChI=1S/C26H36N2O5/c1-25(2,3)32-22-14-12-19(13-15-22)16-21(28-24(30)33-26(4,5)6)17-27-23(29)31-18-20-10-8-7-9-11-20/h7-15,21H,16-18H2,1-6H3,(H,27,29)(H,28,30)/t21-/m1/s1. The third-order valence-corrected chi connectivity index (χ3v) is 4.26. The molecule has 2 amide bonds. The molecule has 0 unspecified atom stereocenters. The van der Waals surface area contributed by atoms with Crippen molar-refractivity contribution in [2.45, 2.75) is 71.8 Å². The van der Waals surface area contributed by atoms with Gasteiger partial charge in [-0.2, -0.15) is 0 Å². The Morgan fingerprint density at radius 3 is 2.03 bits per heavy atom. The molecule has 0 aliphatic rings. The second-order valence-corrected chi connectivity index (χ2v) is 9.85. The van der Waals surface area contributed by atoms with Gasteiger partial charge in [0.2, 0.25) is 0 Å². The normalized spacial score (nSPS) is 12.4. The Morgan fingerprint density at radius 2 is 1.45 bits per heavy atom. The highest BCUT2D eigenvalue weighted by molar-refractivity contribution is 5.69. The summed E-state index contributed by atoms with van der Waals surface area (Å²) in [7, 11) is 0. The van der Waals surface area contributed by atoms with E-state index in [1.165, 1.54) is 0 Å². The van der Waals surface area contributed by atoms with E-state index in [-0.39, 0.29) is 18.8 Å². The molecule has 2 N–H and O–H groups in total. The second-order valence-electron chi connectivity index (χ2n) is 9.85. The second kappa shape index (κ2) is 11.6. The molecule has 2 rings (SSSR count). The third-order valence-electron chi connectivity index (χ3n) is 4.26. The van der Waals surface area contributed by atoms with Crippen molar-refractivity contribution in [2.24, 2.45) is 0 Å². The van der Waals surface area contributed by atoms with Gasteiger partial charge in [0, 0.05) is 6.54 Å². The van der Waals surface area contributed by atoms with Crippen molar-refractivity contribution in [3.05, 3.63) is 65.7 Å². The van der Waals surface area contributed by atoms with Crippen LogP contribution in [-0.4, -0.2) is 36.0 Å². The molecule has 0 aliphatic heterocycles. The van der Waals surface area contributed by atoms with Crippen LogP contribution in [0.25, 0.3) is 0 Å². The lowest BCUT2D eigenvalue weighted by Gasteiger charge is -2.24. The van der Waals surface area contributed by atoms with Gasteiger partial charge in [-0.1, -0.05) is 42.5 Å². The molecule has 0 saturated carbocycles. The molecule has 7 heteroatoms. The maximum Gasteiger partial charge on any atom is 0.407 e. The van der Waals surface area contributed by atoms with Crippen LogP contribution < -0.4 is 15.4 Å². The number of rotatable bonds is 8. The number of benzene rings is 2. The van der Waals surface area contributed by atoms with E-state index in [1.807, 2.05) is 75.4 Å². The zero-order chi connectivity index (χ0) is 24.5. The first-order chi connectivity index (χ1) is 15.4. The monoisotopic (exact) mass is 456 g/mol. The number of ether oxygens (including phenoxy) is 3. The molecule has 0 saturated heterocycles. The average molecular weight is 457 g/mol. The molecule has 0 aliphatic carbocycles. The lowest BCUT2D eigenvalue weighted by molar-refractivity contribution is 0.0502. The van der Waals surface area contributed by atoms with Crippen LogP contribution in [0.2, 0.25) is 0 Å². The lowest BCUT2D eigenvalue weighted by atomic mass is 10.1. The Morgan fingerprint density at radius 1 is 0.818 bits per heavy atom. The molecule has 1 atom stereocenters. The maximum atomic E-state index is 12.3. The lowest BCUT2D eigenvalue weighted by Crippen LogP contribution is -2.46. The summed E-state index contributed by atoms with van der Waals surface area (Å²) in [6.45, 7) is 11.7. The van der Waals surface area contributed by atoms with Crippen LogP contribution >= 0.6 is 0 Å². The minimum atomic E-state index is -0.622. The fourth-order valence-electron chi connectivity index (χ4n) is 2.96. The van der Waals surface area contributed by atoms with Crippen LogP contribution in [-0.2, 0) is 22.5 Å². The zero-order valence-corrected chi connectivity index (χ0v) is 20.4. The predicted octanol–water partition coefficient (Wildman–Crippen LogP) is 5.23. The van der Waals surface area contributed by atoms with Crippen LogP contribution in [0.3, 0.4) is 0 Å². The van der Waals surface area contributed by atoms with Crippen molar-refractivity contribution in [1.29, 1.82) is 0 Å². The molecule has 33 heavy (non-hydrogen) atoms. The van der Waals surface area contributed by atoms with E-state index in [4.69, 9.17) is 14.2 Å². The number of hydrogen-bond acceptors (Lipinski definition) is 5. The van der Waals surface area contributed by atoms with E-state index in [9.17, 15) is 9.59 Å². The van der Waals surface area contributed by atoms with Gasteiger partial charge >= 0.3 is 12.2 Å². The van der Waals surface area contributed by atoms with Gasteiger partial charge in [-0.3, -0.25) is 0 Å². The smallest absolute Gasteiger partial charge is 0.407 e. The Balaban J connectivity index is 1.97. The molecular formula is C26H36N2O5. The summed E-state index contributed by atoms with van der Waals surface area (Å²) >= 11 is 0. The molecule has 7 nitrogen and oxygen atoms in total. The van der Waals surface area contributed by atoms with Crippen LogP contribution in [0, 0.1) is 0 Å². The molecule has 0 heterocycles. The third kappa shape index (κ3) is 11.3. The predicted molar refractivity (Wildman–Crippen MR) is 128 cm³/mol. The molecular weight excluding hydrogens is 420 g/mol. The summed E-state index contributed by atoms with van der Waals surface area (Å²) in [5.41, 5.74) is 0.972. The van der Waals surface area contributed by atoms with Crippen LogP contribution in [0.4, 0.5) is 9.59 Å². The van der Waals surface area contributed by atoms with Crippen molar-refractivity contribution in [3.63, 3.8) is 0 Å². The van der Waals surface area contributed by atoms with Crippen molar-refractivity contribution >= 4 is 12.2 Å². The molecule has 0 spiro atoms. The largest absolute Gasteiger partial charge is 0.488 e. The highest BCUT2D eigenvalue weighted by Crippen LogP contribution is 2.19. The van der Waals surface area contributed by atoms with E-state index in [0.717, 1.165) is 16.9 Å². The first kappa shape index (κ1) is 26.0. The summed E-state index contributed by atoms with van der Waals surface area (Å²) in [5, 5.41) is 5.57. The fourth-order valence-corrected chi connectivity index (χ4v) is 2.96. The van der Waals surface area contributed by atoms with Gasteiger partial charge in [-0.15, -0.1) is 0 Å². The van der Waals surface area contributed by atoms with Gasteiger partial charge in [0.25, 0.3) is 0 Å². The number of amides is 2. The summed E-state index contributed by atoms with van der Waals surface area (Å²) in [5.74, 6) is 0.769. The molecule has 0 bridgehead atoms. The van der Waals surface area contributed by atoms with Gasteiger partial charge in [-0.05, 0) is 71.2 Å². The highest BCUT2D eigenvalue weighted by atomic mass is 16.6.